The summed E-state index contributed by atoms with van der Waals surface area (Å²) in [5.74, 6) is -0.423. The number of unbranched alkanes of at least 4 members (excludes halogenated alkanes) is 3. The van der Waals surface area contributed by atoms with E-state index in [1.165, 1.54) is 6.07 Å². The van der Waals surface area contributed by atoms with Crippen molar-refractivity contribution in [1.82, 2.24) is 0 Å². The van der Waals surface area contributed by atoms with Crippen molar-refractivity contribution in [2.24, 2.45) is 0 Å². The molecule has 4 heteroatoms. The number of rotatable bonds is 7. The minimum absolute atomic E-state index is 0.0613. The molecule has 2 rings (SSSR count). The molecule has 0 aromatic heterocycles. The van der Waals surface area contributed by atoms with Crippen LogP contribution in [0.5, 0.6) is 5.75 Å². The van der Waals surface area contributed by atoms with Gasteiger partial charge in [-0.05, 0) is 35.4 Å². The molecule has 0 fully saturated rings. The Morgan fingerprint density at radius 1 is 1.18 bits per heavy atom. The first kappa shape index (κ1) is 16.0. The van der Waals surface area contributed by atoms with Gasteiger partial charge in [-0.1, -0.05) is 38.3 Å². The first-order valence-corrected chi connectivity index (χ1v) is 7.55. The fraction of sp³-hybridized carbons (Fsp3) is 0.333. The van der Waals surface area contributed by atoms with Crippen molar-refractivity contribution in [1.29, 1.82) is 0 Å². The number of aromatic hydroxyl groups is 1. The van der Waals surface area contributed by atoms with Gasteiger partial charge >= 0.3 is 5.97 Å². The molecule has 0 aliphatic rings. The van der Waals surface area contributed by atoms with Gasteiger partial charge in [0.05, 0.1) is 17.7 Å². The SMILES string of the molecule is CCCCCCOC(=O)c1ccc2c(C=O)c(O)ccc2c1. The van der Waals surface area contributed by atoms with Crippen LogP contribution in [0, 0.1) is 0 Å². The van der Waals surface area contributed by atoms with Gasteiger partial charge in [-0.15, -0.1) is 0 Å². The van der Waals surface area contributed by atoms with Gasteiger partial charge in [0.25, 0.3) is 0 Å². The highest BCUT2D eigenvalue weighted by Gasteiger charge is 2.11. The second kappa shape index (κ2) is 7.59. The monoisotopic (exact) mass is 300 g/mol. The smallest absolute Gasteiger partial charge is 0.338 e. The Hall–Kier alpha value is -2.36. The highest BCUT2D eigenvalue weighted by Crippen LogP contribution is 2.26. The average Bonchev–Trinajstić information content (AvgIpc) is 2.54. The summed E-state index contributed by atoms with van der Waals surface area (Å²) >= 11 is 0. The molecule has 0 heterocycles. The summed E-state index contributed by atoms with van der Waals surface area (Å²) in [7, 11) is 0. The summed E-state index contributed by atoms with van der Waals surface area (Å²) in [5.41, 5.74) is 0.683. The number of carbonyl (C=O) groups excluding carboxylic acids is 2. The number of fused-ring (bicyclic) bond motifs is 1. The molecular formula is C18H20O4. The van der Waals surface area contributed by atoms with Crippen molar-refractivity contribution >= 4 is 23.0 Å². The zero-order valence-electron chi connectivity index (χ0n) is 12.7. The van der Waals surface area contributed by atoms with Crippen LogP contribution >= 0.6 is 0 Å². The van der Waals surface area contributed by atoms with E-state index in [1.54, 1.807) is 24.3 Å². The van der Waals surface area contributed by atoms with Crippen LogP contribution in [0.15, 0.2) is 30.3 Å². The summed E-state index contributed by atoms with van der Waals surface area (Å²) < 4.78 is 5.25. The van der Waals surface area contributed by atoms with Crippen LogP contribution in [0.4, 0.5) is 0 Å². The van der Waals surface area contributed by atoms with Crippen LogP contribution in [0.2, 0.25) is 0 Å². The van der Waals surface area contributed by atoms with Crippen molar-refractivity contribution < 1.29 is 19.4 Å². The van der Waals surface area contributed by atoms with Crippen LogP contribution in [-0.4, -0.2) is 24.0 Å². The maximum absolute atomic E-state index is 12.0. The fourth-order valence-electron chi connectivity index (χ4n) is 2.37. The Bertz CT molecular complexity index is 676. The minimum Gasteiger partial charge on any atom is -0.507 e. The van der Waals surface area contributed by atoms with Crippen molar-refractivity contribution in [3.05, 3.63) is 41.5 Å². The number of phenols is 1. The molecule has 0 aliphatic heterocycles. The summed E-state index contributed by atoms with van der Waals surface area (Å²) in [5, 5.41) is 11.0. The number of hydrogen-bond acceptors (Lipinski definition) is 4. The number of aldehydes is 1. The Morgan fingerprint density at radius 2 is 2.00 bits per heavy atom. The van der Waals surface area contributed by atoms with E-state index in [0.717, 1.165) is 31.1 Å². The first-order chi connectivity index (χ1) is 10.7. The molecule has 22 heavy (non-hydrogen) atoms. The summed E-state index contributed by atoms with van der Waals surface area (Å²) in [6.07, 6.45) is 4.83. The van der Waals surface area contributed by atoms with Crippen molar-refractivity contribution in [3.8, 4) is 5.75 Å². The first-order valence-electron chi connectivity index (χ1n) is 7.55. The maximum Gasteiger partial charge on any atom is 0.338 e. The Balaban J connectivity index is 2.11. The molecular weight excluding hydrogens is 280 g/mol. The predicted molar refractivity (Wildman–Crippen MR) is 85.4 cm³/mol. The van der Waals surface area contributed by atoms with E-state index in [9.17, 15) is 14.7 Å². The van der Waals surface area contributed by atoms with Crippen LogP contribution < -0.4 is 0 Å². The molecule has 1 N–H and O–H groups in total. The van der Waals surface area contributed by atoms with Gasteiger partial charge in [0, 0.05) is 0 Å². The van der Waals surface area contributed by atoms with E-state index in [4.69, 9.17) is 4.74 Å². The quantitative estimate of drug-likeness (QED) is 0.475. The van der Waals surface area contributed by atoms with E-state index >= 15 is 0 Å². The van der Waals surface area contributed by atoms with Gasteiger partial charge in [-0.25, -0.2) is 4.79 Å². The highest BCUT2D eigenvalue weighted by atomic mass is 16.5. The third kappa shape index (κ3) is 3.64. The molecule has 0 radical (unpaired) electrons. The van der Waals surface area contributed by atoms with Crippen LogP contribution in [-0.2, 0) is 4.74 Å². The molecule has 0 spiro atoms. The van der Waals surface area contributed by atoms with E-state index in [-0.39, 0.29) is 17.3 Å². The number of benzene rings is 2. The van der Waals surface area contributed by atoms with Crippen LogP contribution in [0.3, 0.4) is 0 Å². The fourth-order valence-corrected chi connectivity index (χ4v) is 2.37. The van der Waals surface area contributed by atoms with Crippen molar-refractivity contribution in [3.63, 3.8) is 0 Å². The van der Waals surface area contributed by atoms with Gasteiger partial charge in [0.1, 0.15) is 5.75 Å². The molecule has 0 saturated carbocycles. The van der Waals surface area contributed by atoms with Crippen molar-refractivity contribution in [2.75, 3.05) is 6.61 Å². The number of ether oxygens (including phenoxy) is 1. The van der Waals surface area contributed by atoms with Crippen LogP contribution in [0.25, 0.3) is 10.8 Å². The lowest BCUT2D eigenvalue weighted by molar-refractivity contribution is 0.0498. The number of esters is 1. The second-order valence-electron chi connectivity index (χ2n) is 5.25. The van der Waals surface area contributed by atoms with Gasteiger partial charge in [-0.2, -0.15) is 0 Å². The normalized spacial score (nSPS) is 10.6. The molecule has 2 aromatic carbocycles. The van der Waals surface area contributed by atoms with Gasteiger partial charge in [-0.3, -0.25) is 4.79 Å². The Labute approximate surface area is 129 Å². The predicted octanol–water partition coefficient (Wildman–Crippen LogP) is 4.10. The molecule has 0 atom stereocenters. The average molecular weight is 300 g/mol. The Morgan fingerprint density at radius 3 is 2.73 bits per heavy atom. The molecule has 2 aromatic rings. The minimum atomic E-state index is -0.362. The lowest BCUT2D eigenvalue weighted by Gasteiger charge is -2.07. The molecule has 0 aliphatic carbocycles. The largest absolute Gasteiger partial charge is 0.507 e. The zero-order valence-corrected chi connectivity index (χ0v) is 12.7. The van der Waals surface area contributed by atoms with Crippen molar-refractivity contribution in [2.45, 2.75) is 32.6 Å². The summed E-state index contributed by atoms with van der Waals surface area (Å²) in [6, 6.07) is 8.08. The molecule has 4 nitrogen and oxygen atoms in total. The lowest BCUT2D eigenvalue weighted by atomic mass is 10.0. The standard InChI is InChI=1S/C18H20O4/c1-2-3-4-5-10-22-18(21)14-6-8-15-13(11-14)7-9-17(20)16(15)12-19/h6-9,11-12,20H,2-5,10H2,1H3. The zero-order chi connectivity index (χ0) is 15.9. The summed E-state index contributed by atoms with van der Waals surface area (Å²) in [6.45, 7) is 2.55. The van der Waals surface area contributed by atoms with E-state index in [2.05, 4.69) is 6.92 Å². The highest BCUT2D eigenvalue weighted by molar-refractivity contribution is 6.03. The molecule has 116 valence electrons. The van der Waals surface area contributed by atoms with E-state index < -0.39 is 0 Å². The van der Waals surface area contributed by atoms with Gasteiger partial charge in [0.15, 0.2) is 6.29 Å². The third-order valence-corrected chi connectivity index (χ3v) is 3.62. The maximum atomic E-state index is 12.0. The van der Waals surface area contributed by atoms with Crippen LogP contribution in [0.1, 0.15) is 53.3 Å². The third-order valence-electron chi connectivity index (χ3n) is 3.62. The number of phenolic OH excluding ortho intramolecular Hbond substituents is 1. The van der Waals surface area contributed by atoms with Gasteiger partial charge in [0.2, 0.25) is 0 Å². The Kier molecular flexibility index (Phi) is 5.53. The molecule has 0 saturated heterocycles. The molecule has 0 unspecified atom stereocenters. The van der Waals surface area contributed by atoms with E-state index in [1.807, 2.05) is 0 Å². The number of carbonyl (C=O) groups is 2. The topological polar surface area (TPSA) is 63.6 Å². The summed E-state index contributed by atoms with van der Waals surface area (Å²) in [4.78, 5) is 23.0. The molecule has 0 bridgehead atoms. The molecule has 0 amide bonds. The second-order valence-corrected chi connectivity index (χ2v) is 5.25. The van der Waals surface area contributed by atoms with Gasteiger partial charge < -0.3 is 9.84 Å². The van der Waals surface area contributed by atoms with E-state index in [0.29, 0.717) is 23.8 Å². The number of hydrogen-bond donors (Lipinski definition) is 1. The lowest BCUT2D eigenvalue weighted by Crippen LogP contribution is -2.06.